The first kappa shape index (κ1) is 17.2. The fourth-order valence-electron chi connectivity index (χ4n) is 3.81. The second kappa shape index (κ2) is 6.00. The van der Waals surface area contributed by atoms with Crippen molar-refractivity contribution >= 4 is 35.2 Å². The number of rotatable bonds is 4. The van der Waals surface area contributed by atoms with Crippen molar-refractivity contribution in [3.05, 3.63) is 10.6 Å². The summed E-state index contributed by atoms with van der Waals surface area (Å²) < 4.78 is 0. The van der Waals surface area contributed by atoms with Crippen LogP contribution in [-0.4, -0.2) is 56.0 Å². The van der Waals surface area contributed by atoms with Crippen LogP contribution in [-0.2, 0) is 19.2 Å². The standard InChI is InChI=1S/C16H19NO6S/c1-6-12-11(7(2)18)15(21)17(12)13(16(22)23)14(6)24-10-4-3-8(19)5-9(10)20/h6-7,10-12,18H,3-5H2,1-2H3,(H,22,23)/t6-,7-,10-,11-,12-/m1/s1. The number of thioether (sulfide) groups is 1. The number of carboxylic acid groups (broad SMARTS) is 1. The number of hydrogen-bond donors (Lipinski definition) is 2. The van der Waals surface area contributed by atoms with Gasteiger partial charge in [-0.1, -0.05) is 6.92 Å². The zero-order valence-corrected chi connectivity index (χ0v) is 14.2. The van der Waals surface area contributed by atoms with Crippen molar-refractivity contribution in [2.75, 3.05) is 0 Å². The summed E-state index contributed by atoms with van der Waals surface area (Å²) in [6.45, 7) is 3.34. The molecule has 2 N–H and O–H groups in total. The van der Waals surface area contributed by atoms with Gasteiger partial charge in [0.1, 0.15) is 11.5 Å². The molecule has 3 rings (SSSR count). The number of carbonyl (C=O) groups is 4. The zero-order chi connectivity index (χ0) is 17.8. The Morgan fingerprint density at radius 1 is 1.33 bits per heavy atom. The van der Waals surface area contributed by atoms with E-state index in [4.69, 9.17) is 0 Å². The zero-order valence-electron chi connectivity index (χ0n) is 13.4. The maximum Gasteiger partial charge on any atom is 0.353 e. The van der Waals surface area contributed by atoms with Crippen molar-refractivity contribution in [2.24, 2.45) is 11.8 Å². The molecule has 1 saturated carbocycles. The van der Waals surface area contributed by atoms with E-state index in [0.29, 0.717) is 17.7 Å². The van der Waals surface area contributed by atoms with Gasteiger partial charge in [0.25, 0.3) is 0 Å². The second-order valence-electron chi connectivity index (χ2n) is 6.60. The number of Topliss-reactive ketones (excluding diaryl/α,β-unsaturated/α-hetero) is 2. The molecule has 0 aromatic heterocycles. The Labute approximate surface area is 143 Å². The molecule has 3 aliphatic rings. The van der Waals surface area contributed by atoms with Gasteiger partial charge in [0.05, 0.1) is 29.7 Å². The summed E-state index contributed by atoms with van der Waals surface area (Å²) in [7, 11) is 0. The quantitative estimate of drug-likeness (QED) is 0.561. The summed E-state index contributed by atoms with van der Waals surface area (Å²) in [5, 5.41) is 18.9. The summed E-state index contributed by atoms with van der Waals surface area (Å²) in [4.78, 5) is 49.1. The van der Waals surface area contributed by atoms with Crippen LogP contribution in [0.2, 0.25) is 0 Å². The van der Waals surface area contributed by atoms with Crippen LogP contribution in [0.25, 0.3) is 0 Å². The molecule has 2 fully saturated rings. The second-order valence-corrected chi connectivity index (χ2v) is 7.84. The minimum Gasteiger partial charge on any atom is -0.477 e. The molecule has 2 heterocycles. The lowest BCUT2D eigenvalue weighted by Crippen LogP contribution is -2.63. The predicted octanol–water partition coefficient (Wildman–Crippen LogP) is 0.564. The van der Waals surface area contributed by atoms with Crippen LogP contribution in [0, 0.1) is 11.8 Å². The Hall–Kier alpha value is -1.67. The number of aliphatic hydroxyl groups is 1. The third-order valence-electron chi connectivity index (χ3n) is 5.00. The van der Waals surface area contributed by atoms with Crippen LogP contribution in [0.5, 0.6) is 0 Å². The van der Waals surface area contributed by atoms with Gasteiger partial charge in [0.15, 0.2) is 5.78 Å². The number of aliphatic hydroxyl groups excluding tert-OH is 1. The van der Waals surface area contributed by atoms with Crippen molar-refractivity contribution < 1.29 is 29.4 Å². The molecule has 5 atom stereocenters. The van der Waals surface area contributed by atoms with Crippen molar-refractivity contribution in [3.63, 3.8) is 0 Å². The lowest BCUT2D eigenvalue weighted by atomic mass is 9.79. The summed E-state index contributed by atoms with van der Waals surface area (Å²) in [5.74, 6) is -2.74. The SMILES string of the molecule is C[C@@H](O)[C@H]1C(=O)N2C(C(=O)O)=C(S[C@@H]3CCC(=O)CC3=O)[C@H](C)[C@H]12. The van der Waals surface area contributed by atoms with E-state index in [1.54, 1.807) is 0 Å². The molecule has 0 aromatic carbocycles. The normalized spacial score (nSPS) is 34.3. The molecule has 1 saturated heterocycles. The van der Waals surface area contributed by atoms with Gasteiger partial charge >= 0.3 is 5.97 Å². The van der Waals surface area contributed by atoms with E-state index >= 15 is 0 Å². The van der Waals surface area contributed by atoms with Gasteiger partial charge in [0, 0.05) is 17.2 Å². The predicted molar refractivity (Wildman–Crippen MR) is 84.9 cm³/mol. The van der Waals surface area contributed by atoms with Gasteiger partial charge < -0.3 is 15.1 Å². The lowest BCUT2D eigenvalue weighted by molar-refractivity contribution is -0.163. The Kier molecular flexibility index (Phi) is 4.29. The molecule has 1 aliphatic carbocycles. The maximum atomic E-state index is 12.2. The van der Waals surface area contributed by atoms with E-state index in [1.807, 2.05) is 6.92 Å². The van der Waals surface area contributed by atoms with Gasteiger partial charge in [-0.25, -0.2) is 4.79 Å². The average molecular weight is 353 g/mol. The number of amides is 1. The molecule has 7 nitrogen and oxygen atoms in total. The highest BCUT2D eigenvalue weighted by atomic mass is 32.2. The van der Waals surface area contributed by atoms with Crippen molar-refractivity contribution in [1.29, 1.82) is 0 Å². The smallest absolute Gasteiger partial charge is 0.353 e. The molecule has 24 heavy (non-hydrogen) atoms. The van der Waals surface area contributed by atoms with Gasteiger partial charge in [0.2, 0.25) is 5.91 Å². The largest absolute Gasteiger partial charge is 0.477 e. The van der Waals surface area contributed by atoms with Crippen LogP contribution in [0.4, 0.5) is 0 Å². The molecule has 1 amide bonds. The van der Waals surface area contributed by atoms with Crippen LogP contribution < -0.4 is 0 Å². The van der Waals surface area contributed by atoms with Crippen LogP contribution in [0.1, 0.15) is 33.1 Å². The molecule has 0 radical (unpaired) electrons. The Morgan fingerprint density at radius 2 is 2.00 bits per heavy atom. The number of fused-ring (bicyclic) bond motifs is 1. The Balaban J connectivity index is 1.88. The first-order valence-electron chi connectivity index (χ1n) is 7.93. The van der Waals surface area contributed by atoms with Crippen molar-refractivity contribution in [3.8, 4) is 0 Å². The van der Waals surface area contributed by atoms with Gasteiger partial charge in [-0.05, 0) is 13.3 Å². The summed E-state index contributed by atoms with van der Waals surface area (Å²) in [6, 6.07) is -0.383. The van der Waals surface area contributed by atoms with E-state index < -0.39 is 23.2 Å². The first-order chi connectivity index (χ1) is 11.2. The Morgan fingerprint density at radius 3 is 2.54 bits per heavy atom. The Bertz CT molecular complexity index is 669. The summed E-state index contributed by atoms with van der Waals surface area (Å²) in [5.41, 5.74) is -0.0795. The van der Waals surface area contributed by atoms with Crippen molar-refractivity contribution in [1.82, 2.24) is 4.90 Å². The van der Waals surface area contributed by atoms with Gasteiger partial charge in [-0.2, -0.15) is 0 Å². The number of ketones is 2. The number of nitrogens with zero attached hydrogens (tertiary/aromatic N) is 1. The first-order valence-corrected chi connectivity index (χ1v) is 8.81. The molecule has 0 unspecified atom stereocenters. The monoisotopic (exact) mass is 353 g/mol. The molecule has 8 heteroatoms. The highest BCUT2D eigenvalue weighted by molar-refractivity contribution is 8.04. The maximum absolute atomic E-state index is 12.2. The summed E-state index contributed by atoms with van der Waals surface area (Å²) >= 11 is 1.17. The van der Waals surface area contributed by atoms with E-state index in [-0.39, 0.29) is 41.6 Å². The van der Waals surface area contributed by atoms with Crippen LogP contribution >= 0.6 is 11.8 Å². The third-order valence-corrected chi connectivity index (χ3v) is 6.60. The summed E-state index contributed by atoms with van der Waals surface area (Å²) in [6.07, 6.45) is -0.251. The fourth-order valence-corrected chi connectivity index (χ4v) is 5.21. The fraction of sp³-hybridized carbons (Fsp3) is 0.625. The number of hydrogen-bond acceptors (Lipinski definition) is 6. The highest BCUT2D eigenvalue weighted by Crippen LogP contribution is 2.51. The molecular weight excluding hydrogens is 334 g/mol. The molecule has 2 aliphatic heterocycles. The molecule has 130 valence electrons. The number of β-lactam (4-membered cyclic amide) rings is 1. The van der Waals surface area contributed by atoms with Crippen molar-refractivity contribution in [2.45, 2.75) is 50.5 Å². The van der Waals surface area contributed by atoms with Crippen LogP contribution in [0.15, 0.2) is 10.6 Å². The van der Waals surface area contributed by atoms with E-state index in [2.05, 4.69) is 0 Å². The number of carbonyl (C=O) groups excluding carboxylic acids is 3. The van der Waals surface area contributed by atoms with E-state index in [0.717, 1.165) is 0 Å². The number of carboxylic acids is 1. The lowest BCUT2D eigenvalue weighted by Gasteiger charge is -2.46. The average Bonchev–Trinajstić information content (AvgIpc) is 2.71. The van der Waals surface area contributed by atoms with Crippen LogP contribution in [0.3, 0.4) is 0 Å². The van der Waals surface area contributed by atoms with E-state index in [1.165, 1.54) is 23.6 Å². The topological polar surface area (TPSA) is 112 Å². The molecular formula is C16H19NO6S. The molecule has 0 spiro atoms. The number of aliphatic carboxylic acids is 1. The highest BCUT2D eigenvalue weighted by Gasteiger charge is 2.60. The van der Waals surface area contributed by atoms with Gasteiger partial charge in [-0.3, -0.25) is 14.4 Å². The molecule has 0 bridgehead atoms. The molecule has 0 aromatic rings. The van der Waals surface area contributed by atoms with Gasteiger partial charge in [-0.15, -0.1) is 11.8 Å². The minimum absolute atomic E-state index is 0.0795. The third kappa shape index (κ3) is 2.48. The van der Waals surface area contributed by atoms with E-state index in [9.17, 15) is 29.4 Å². The minimum atomic E-state index is -1.21.